The Hall–Kier alpha value is -0.480. The largest absolute Gasteiger partial charge is 0.316 e. The van der Waals surface area contributed by atoms with Crippen molar-refractivity contribution in [1.82, 2.24) is 5.32 Å². The molecule has 2 aliphatic rings. The van der Waals surface area contributed by atoms with Gasteiger partial charge in [0.15, 0.2) is 0 Å². The van der Waals surface area contributed by atoms with Crippen molar-refractivity contribution >= 4 is 0 Å². The lowest BCUT2D eigenvalue weighted by atomic mass is 9.98. The molecule has 78 valence electrons. The summed E-state index contributed by atoms with van der Waals surface area (Å²) in [6, 6.07) is 0. The van der Waals surface area contributed by atoms with E-state index in [9.17, 15) is 0 Å². The minimum Gasteiger partial charge on any atom is -0.316 e. The monoisotopic (exact) mass is 191 g/mol. The molecule has 0 aliphatic heterocycles. The highest BCUT2D eigenvalue weighted by Gasteiger charge is 2.40. The zero-order chi connectivity index (χ0) is 9.80. The minimum atomic E-state index is 0.921. The fourth-order valence-corrected chi connectivity index (χ4v) is 2.35. The standard InChI is InChI=1S/C13H21N/c1-2-3-4-9-14-10-13(11-5-6-11)12-7-8-12/h1,11-14H,3-10H2. The molecule has 2 aliphatic carbocycles. The van der Waals surface area contributed by atoms with Gasteiger partial charge in [0.05, 0.1) is 0 Å². The first kappa shape index (κ1) is 10.1. The predicted molar refractivity (Wildman–Crippen MR) is 59.9 cm³/mol. The summed E-state index contributed by atoms with van der Waals surface area (Å²) >= 11 is 0. The molecule has 0 unspecified atom stereocenters. The Morgan fingerprint density at radius 2 is 1.86 bits per heavy atom. The average molecular weight is 191 g/mol. The fourth-order valence-electron chi connectivity index (χ4n) is 2.35. The van der Waals surface area contributed by atoms with Crippen molar-refractivity contribution < 1.29 is 0 Å². The molecule has 2 rings (SSSR count). The molecule has 1 heteroatoms. The van der Waals surface area contributed by atoms with E-state index in [1.54, 1.807) is 0 Å². The molecule has 0 radical (unpaired) electrons. The van der Waals surface area contributed by atoms with Gasteiger partial charge in [-0.15, -0.1) is 12.3 Å². The van der Waals surface area contributed by atoms with Crippen LogP contribution in [0.1, 0.15) is 38.5 Å². The normalized spacial score (nSPS) is 21.1. The van der Waals surface area contributed by atoms with Crippen molar-refractivity contribution in [1.29, 1.82) is 0 Å². The molecule has 0 aromatic carbocycles. The minimum absolute atomic E-state index is 0.921. The predicted octanol–water partition coefficient (Wildman–Crippen LogP) is 2.43. The number of unbranched alkanes of at least 4 members (excludes halogenated alkanes) is 1. The van der Waals surface area contributed by atoms with E-state index < -0.39 is 0 Å². The highest BCUT2D eigenvalue weighted by Crippen LogP contribution is 2.48. The average Bonchev–Trinajstić information content (AvgIpc) is 3.03. The van der Waals surface area contributed by atoms with Crippen LogP contribution < -0.4 is 5.32 Å². The highest BCUT2D eigenvalue weighted by atomic mass is 14.9. The van der Waals surface area contributed by atoms with E-state index in [-0.39, 0.29) is 0 Å². The zero-order valence-corrected chi connectivity index (χ0v) is 8.97. The first-order valence-electron chi connectivity index (χ1n) is 6.06. The molecule has 0 bridgehead atoms. The molecule has 14 heavy (non-hydrogen) atoms. The lowest BCUT2D eigenvalue weighted by molar-refractivity contribution is 0.379. The zero-order valence-electron chi connectivity index (χ0n) is 8.97. The molecule has 0 saturated heterocycles. The van der Waals surface area contributed by atoms with Crippen LogP contribution in [0.3, 0.4) is 0 Å². The first-order valence-corrected chi connectivity index (χ1v) is 6.06. The van der Waals surface area contributed by atoms with Crippen molar-refractivity contribution in [2.75, 3.05) is 13.1 Å². The molecule has 0 heterocycles. The quantitative estimate of drug-likeness (QED) is 0.481. The van der Waals surface area contributed by atoms with Crippen LogP contribution in [-0.2, 0) is 0 Å². The molecular weight excluding hydrogens is 170 g/mol. The van der Waals surface area contributed by atoms with Crippen molar-refractivity contribution in [2.45, 2.75) is 38.5 Å². The van der Waals surface area contributed by atoms with Crippen LogP contribution in [0.4, 0.5) is 0 Å². The summed E-state index contributed by atoms with van der Waals surface area (Å²) < 4.78 is 0. The van der Waals surface area contributed by atoms with Gasteiger partial charge in [-0.2, -0.15) is 0 Å². The van der Waals surface area contributed by atoms with E-state index in [2.05, 4.69) is 11.2 Å². The Kier molecular flexibility index (Phi) is 3.48. The molecule has 2 fully saturated rings. The van der Waals surface area contributed by atoms with Crippen LogP contribution in [0.2, 0.25) is 0 Å². The van der Waals surface area contributed by atoms with Crippen molar-refractivity contribution in [3.05, 3.63) is 0 Å². The summed E-state index contributed by atoms with van der Waals surface area (Å²) in [5.41, 5.74) is 0. The Bertz CT molecular complexity index is 196. The number of rotatable bonds is 7. The maximum absolute atomic E-state index is 5.21. The van der Waals surface area contributed by atoms with E-state index in [1.165, 1.54) is 32.2 Å². The summed E-state index contributed by atoms with van der Waals surface area (Å²) in [6.07, 6.45) is 13.2. The molecule has 0 spiro atoms. The van der Waals surface area contributed by atoms with Crippen LogP contribution in [0.15, 0.2) is 0 Å². The number of nitrogens with one attached hydrogen (secondary N) is 1. The molecule has 0 atom stereocenters. The third-order valence-corrected chi connectivity index (χ3v) is 3.51. The van der Waals surface area contributed by atoms with Crippen molar-refractivity contribution in [3.63, 3.8) is 0 Å². The lowest BCUT2D eigenvalue weighted by Gasteiger charge is -2.15. The van der Waals surface area contributed by atoms with Crippen LogP contribution in [0, 0.1) is 30.1 Å². The second kappa shape index (κ2) is 4.84. The molecular formula is C13H21N. The third kappa shape index (κ3) is 3.03. The lowest BCUT2D eigenvalue weighted by Crippen LogP contribution is -2.26. The van der Waals surface area contributed by atoms with Gasteiger partial charge in [-0.25, -0.2) is 0 Å². The van der Waals surface area contributed by atoms with Crippen molar-refractivity contribution in [3.8, 4) is 12.3 Å². The van der Waals surface area contributed by atoms with Crippen LogP contribution in [0.25, 0.3) is 0 Å². The van der Waals surface area contributed by atoms with Gasteiger partial charge in [0.25, 0.3) is 0 Å². The smallest absolute Gasteiger partial charge is 0.00981 e. The Morgan fingerprint density at radius 1 is 1.21 bits per heavy atom. The van der Waals surface area contributed by atoms with Crippen molar-refractivity contribution in [2.24, 2.45) is 17.8 Å². The van der Waals surface area contributed by atoms with Crippen LogP contribution in [0.5, 0.6) is 0 Å². The van der Waals surface area contributed by atoms with Crippen LogP contribution in [-0.4, -0.2) is 13.1 Å². The van der Waals surface area contributed by atoms with Gasteiger partial charge in [-0.05, 0) is 62.9 Å². The van der Waals surface area contributed by atoms with Crippen LogP contribution >= 0.6 is 0 Å². The summed E-state index contributed by atoms with van der Waals surface area (Å²) in [6.45, 7) is 2.36. The molecule has 0 amide bonds. The molecule has 1 N–H and O–H groups in total. The van der Waals surface area contributed by atoms with E-state index in [0.717, 1.165) is 37.1 Å². The summed E-state index contributed by atoms with van der Waals surface area (Å²) in [5.74, 6) is 5.83. The molecule has 1 nitrogen and oxygen atoms in total. The topological polar surface area (TPSA) is 12.0 Å². The second-order valence-corrected chi connectivity index (χ2v) is 4.85. The van der Waals surface area contributed by atoms with E-state index >= 15 is 0 Å². The summed E-state index contributed by atoms with van der Waals surface area (Å²) in [7, 11) is 0. The van der Waals surface area contributed by atoms with Gasteiger partial charge in [0.2, 0.25) is 0 Å². The third-order valence-electron chi connectivity index (χ3n) is 3.51. The van der Waals surface area contributed by atoms with E-state index in [0.29, 0.717) is 0 Å². The van der Waals surface area contributed by atoms with Gasteiger partial charge in [0, 0.05) is 6.42 Å². The SMILES string of the molecule is C#CCCCNCC(C1CC1)C1CC1. The summed E-state index contributed by atoms with van der Waals surface area (Å²) in [4.78, 5) is 0. The number of hydrogen-bond acceptors (Lipinski definition) is 1. The number of terminal acetylenes is 1. The fraction of sp³-hybridized carbons (Fsp3) is 0.846. The Balaban J connectivity index is 1.56. The van der Waals surface area contributed by atoms with E-state index in [1.807, 2.05) is 0 Å². The molecule has 0 aromatic heterocycles. The highest BCUT2D eigenvalue weighted by molar-refractivity contribution is 4.92. The summed E-state index contributed by atoms with van der Waals surface area (Å²) in [5, 5.41) is 3.57. The van der Waals surface area contributed by atoms with Gasteiger partial charge in [-0.1, -0.05) is 0 Å². The second-order valence-electron chi connectivity index (χ2n) is 4.85. The van der Waals surface area contributed by atoms with Gasteiger partial charge < -0.3 is 5.32 Å². The Morgan fingerprint density at radius 3 is 2.36 bits per heavy atom. The first-order chi connectivity index (χ1) is 6.92. The Labute approximate surface area is 87.7 Å². The van der Waals surface area contributed by atoms with Gasteiger partial charge in [0.1, 0.15) is 0 Å². The van der Waals surface area contributed by atoms with Gasteiger partial charge >= 0.3 is 0 Å². The van der Waals surface area contributed by atoms with Gasteiger partial charge in [-0.3, -0.25) is 0 Å². The molecule has 0 aromatic rings. The van der Waals surface area contributed by atoms with E-state index in [4.69, 9.17) is 6.42 Å². The maximum atomic E-state index is 5.21. The number of hydrogen-bond donors (Lipinski definition) is 1. The molecule has 2 saturated carbocycles. The maximum Gasteiger partial charge on any atom is 0.00981 e.